The minimum atomic E-state index is -0.481. The summed E-state index contributed by atoms with van der Waals surface area (Å²) in [7, 11) is 1.39. The second kappa shape index (κ2) is 6.67. The Morgan fingerprint density at radius 3 is 2.90 bits per heavy atom. The summed E-state index contributed by atoms with van der Waals surface area (Å²) in [6.45, 7) is 0.275. The van der Waals surface area contributed by atoms with Crippen molar-refractivity contribution in [2.45, 2.75) is 13.2 Å². The van der Waals surface area contributed by atoms with E-state index >= 15 is 0 Å². The van der Waals surface area contributed by atoms with E-state index in [-0.39, 0.29) is 18.0 Å². The number of nitrogens with one attached hydrogen (secondary N) is 1. The standard InChI is InChI=1S/C14H15N3O4/c1-21-14-3-2-10(6-13(14)17(19)20)7-16-12-8-15-5-4-11(12)9-18/h2-6,8,16,18H,7,9H2,1H3. The number of aliphatic hydroxyl groups is 1. The van der Waals surface area contributed by atoms with Crippen molar-refractivity contribution in [2.75, 3.05) is 12.4 Å². The molecule has 0 atom stereocenters. The Morgan fingerprint density at radius 1 is 1.43 bits per heavy atom. The number of hydrogen-bond acceptors (Lipinski definition) is 6. The molecule has 0 spiro atoms. The van der Waals surface area contributed by atoms with Crippen molar-refractivity contribution in [1.82, 2.24) is 4.98 Å². The maximum Gasteiger partial charge on any atom is 0.311 e. The molecule has 1 aromatic heterocycles. The van der Waals surface area contributed by atoms with Crippen LogP contribution in [0, 0.1) is 10.1 Å². The maximum absolute atomic E-state index is 11.0. The van der Waals surface area contributed by atoms with Crippen LogP contribution in [-0.4, -0.2) is 22.1 Å². The Kier molecular flexibility index (Phi) is 4.68. The van der Waals surface area contributed by atoms with E-state index in [1.165, 1.54) is 13.2 Å². The van der Waals surface area contributed by atoms with Crippen LogP contribution in [0.25, 0.3) is 0 Å². The number of aliphatic hydroxyl groups excluding tert-OH is 1. The van der Waals surface area contributed by atoms with Crippen LogP contribution in [0.2, 0.25) is 0 Å². The topological polar surface area (TPSA) is 97.5 Å². The minimum absolute atomic E-state index is 0.0784. The lowest BCUT2D eigenvalue weighted by molar-refractivity contribution is -0.385. The molecule has 21 heavy (non-hydrogen) atoms. The lowest BCUT2D eigenvalue weighted by Crippen LogP contribution is -2.04. The number of ether oxygens (including phenoxy) is 1. The number of pyridine rings is 1. The highest BCUT2D eigenvalue weighted by Gasteiger charge is 2.15. The summed E-state index contributed by atoms with van der Waals surface area (Å²) in [6, 6.07) is 6.47. The molecule has 2 rings (SSSR count). The average molecular weight is 289 g/mol. The molecule has 2 aromatic rings. The highest BCUT2D eigenvalue weighted by Crippen LogP contribution is 2.28. The number of nitrogens with zero attached hydrogens (tertiary/aromatic N) is 2. The molecule has 110 valence electrons. The van der Waals surface area contributed by atoms with Crippen molar-refractivity contribution < 1.29 is 14.8 Å². The van der Waals surface area contributed by atoms with Gasteiger partial charge in [-0.25, -0.2) is 0 Å². The Labute approximate surface area is 121 Å². The molecule has 0 aliphatic carbocycles. The molecule has 0 unspecified atom stereocenters. The van der Waals surface area contributed by atoms with Crippen LogP contribution >= 0.6 is 0 Å². The third kappa shape index (κ3) is 3.46. The van der Waals surface area contributed by atoms with Crippen molar-refractivity contribution in [3.8, 4) is 5.75 Å². The van der Waals surface area contributed by atoms with E-state index in [1.54, 1.807) is 30.6 Å². The van der Waals surface area contributed by atoms with Gasteiger partial charge in [-0.15, -0.1) is 0 Å². The fraction of sp³-hybridized carbons (Fsp3) is 0.214. The highest BCUT2D eigenvalue weighted by molar-refractivity contribution is 5.52. The van der Waals surface area contributed by atoms with E-state index in [4.69, 9.17) is 4.74 Å². The molecule has 0 aliphatic heterocycles. The van der Waals surface area contributed by atoms with Gasteiger partial charge in [0.2, 0.25) is 0 Å². The van der Waals surface area contributed by atoms with Crippen molar-refractivity contribution in [3.63, 3.8) is 0 Å². The number of nitro groups is 1. The molecule has 0 aliphatic rings. The van der Waals surface area contributed by atoms with Gasteiger partial charge in [0.1, 0.15) is 0 Å². The van der Waals surface area contributed by atoms with Crippen molar-refractivity contribution in [1.29, 1.82) is 0 Å². The van der Waals surface area contributed by atoms with Crippen LogP contribution in [0.15, 0.2) is 36.7 Å². The van der Waals surface area contributed by atoms with Crippen LogP contribution in [0.4, 0.5) is 11.4 Å². The molecule has 0 saturated heterocycles. The number of methoxy groups -OCH3 is 1. The zero-order valence-corrected chi connectivity index (χ0v) is 11.4. The van der Waals surface area contributed by atoms with E-state index in [9.17, 15) is 15.2 Å². The largest absolute Gasteiger partial charge is 0.490 e. The first-order valence-corrected chi connectivity index (χ1v) is 6.24. The van der Waals surface area contributed by atoms with E-state index in [1.807, 2.05) is 0 Å². The van der Waals surface area contributed by atoms with Gasteiger partial charge in [-0.1, -0.05) is 6.07 Å². The quantitative estimate of drug-likeness (QED) is 0.624. The van der Waals surface area contributed by atoms with Crippen molar-refractivity contribution in [2.24, 2.45) is 0 Å². The van der Waals surface area contributed by atoms with Crippen LogP contribution in [0.1, 0.15) is 11.1 Å². The monoisotopic (exact) mass is 289 g/mol. The summed E-state index contributed by atoms with van der Waals surface area (Å²) in [6.07, 6.45) is 3.19. The molecule has 7 nitrogen and oxygen atoms in total. The van der Waals surface area contributed by atoms with E-state index in [0.29, 0.717) is 17.8 Å². The third-order valence-electron chi connectivity index (χ3n) is 3.00. The lowest BCUT2D eigenvalue weighted by atomic mass is 10.1. The van der Waals surface area contributed by atoms with Crippen LogP contribution < -0.4 is 10.1 Å². The average Bonchev–Trinajstić information content (AvgIpc) is 2.52. The summed E-state index contributed by atoms with van der Waals surface area (Å²) in [5, 5.41) is 23.3. The van der Waals surface area contributed by atoms with Gasteiger partial charge in [0.25, 0.3) is 0 Å². The molecule has 0 saturated carbocycles. The van der Waals surface area contributed by atoms with Gasteiger partial charge < -0.3 is 15.2 Å². The lowest BCUT2D eigenvalue weighted by Gasteiger charge is -2.10. The summed E-state index contributed by atoms with van der Waals surface area (Å²) < 4.78 is 4.96. The van der Waals surface area contributed by atoms with E-state index in [0.717, 1.165) is 5.56 Å². The molecular formula is C14H15N3O4. The molecule has 0 bridgehead atoms. The molecule has 0 radical (unpaired) electrons. The predicted molar refractivity (Wildman–Crippen MR) is 77.1 cm³/mol. The molecular weight excluding hydrogens is 274 g/mol. The van der Waals surface area contributed by atoms with Gasteiger partial charge in [0, 0.05) is 24.4 Å². The molecule has 2 N–H and O–H groups in total. The minimum Gasteiger partial charge on any atom is -0.490 e. The fourth-order valence-corrected chi connectivity index (χ4v) is 1.91. The number of aromatic nitrogens is 1. The Bertz CT molecular complexity index is 646. The van der Waals surface area contributed by atoms with E-state index < -0.39 is 4.92 Å². The van der Waals surface area contributed by atoms with Crippen LogP contribution in [-0.2, 0) is 13.2 Å². The van der Waals surface area contributed by atoms with Gasteiger partial charge >= 0.3 is 5.69 Å². The highest BCUT2D eigenvalue weighted by atomic mass is 16.6. The summed E-state index contributed by atoms with van der Waals surface area (Å²) in [5.74, 6) is 0.223. The van der Waals surface area contributed by atoms with E-state index in [2.05, 4.69) is 10.3 Å². The SMILES string of the molecule is COc1ccc(CNc2cnccc2CO)cc1[N+](=O)[O-]. The van der Waals surface area contributed by atoms with Crippen molar-refractivity contribution >= 4 is 11.4 Å². The van der Waals surface area contributed by atoms with Gasteiger partial charge in [0.05, 0.1) is 30.5 Å². The number of rotatable bonds is 6. The first kappa shape index (κ1) is 14.7. The molecule has 1 heterocycles. The zero-order chi connectivity index (χ0) is 15.2. The third-order valence-corrected chi connectivity index (χ3v) is 3.00. The smallest absolute Gasteiger partial charge is 0.311 e. The molecule has 7 heteroatoms. The predicted octanol–water partition coefficient (Wildman–Crippen LogP) is 2.10. The van der Waals surface area contributed by atoms with Crippen molar-refractivity contribution in [3.05, 3.63) is 57.9 Å². The number of benzene rings is 1. The van der Waals surface area contributed by atoms with Crippen LogP contribution in [0.5, 0.6) is 5.75 Å². The number of hydrogen-bond donors (Lipinski definition) is 2. The molecule has 0 amide bonds. The summed E-state index contributed by atoms with van der Waals surface area (Å²) in [5.41, 5.74) is 2.06. The Balaban J connectivity index is 2.17. The number of nitro benzene ring substituents is 1. The number of anilines is 1. The second-order valence-corrected chi connectivity index (χ2v) is 4.31. The Hall–Kier alpha value is -2.67. The first-order chi connectivity index (χ1) is 10.2. The Morgan fingerprint density at radius 2 is 2.24 bits per heavy atom. The first-order valence-electron chi connectivity index (χ1n) is 6.24. The normalized spacial score (nSPS) is 10.2. The van der Waals surface area contributed by atoms with Gasteiger partial charge in [0.15, 0.2) is 5.75 Å². The molecule has 0 fully saturated rings. The van der Waals surface area contributed by atoms with Gasteiger partial charge in [-0.2, -0.15) is 0 Å². The van der Waals surface area contributed by atoms with Gasteiger partial charge in [-0.05, 0) is 17.7 Å². The maximum atomic E-state index is 11.0. The van der Waals surface area contributed by atoms with Gasteiger partial charge in [-0.3, -0.25) is 15.1 Å². The summed E-state index contributed by atoms with van der Waals surface area (Å²) in [4.78, 5) is 14.5. The summed E-state index contributed by atoms with van der Waals surface area (Å²) >= 11 is 0. The fourth-order valence-electron chi connectivity index (χ4n) is 1.91. The molecule has 1 aromatic carbocycles. The second-order valence-electron chi connectivity index (χ2n) is 4.31. The van der Waals surface area contributed by atoms with Crippen LogP contribution in [0.3, 0.4) is 0 Å². The zero-order valence-electron chi connectivity index (χ0n) is 11.4.